The molecule has 17 heavy (non-hydrogen) atoms. The SMILES string of the molecule is CCOP(=O)(OCC)c1ccc(Cl)cc1C=O. The van der Waals surface area contributed by atoms with Crippen molar-refractivity contribution in [2.24, 2.45) is 0 Å². The summed E-state index contributed by atoms with van der Waals surface area (Å²) in [6.45, 7) is 3.89. The lowest BCUT2D eigenvalue weighted by Gasteiger charge is -2.18. The molecule has 0 fully saturated rings. The molecule has 0 unspecified atom stereocenters. The molecule has 0 aromatic heterocycles. The molecule has 0 saturated heterocycles. The van der Waals surface area contributed by atoms with E-state index < -0.39 is 7.60 Å². The summed E-state index contributed by atoms with van der Waals surface area (Å²) in [6.07, 6.45) is 0.589. The van der Waals surface area contributed by atoms with Crippen molar-refractivity contribution in [1.82, 2.24) is 0 Å². The molecule has 0 bridgehead atoms. The van der Waals surface area contributed by atoms with Gasteiger partial charge >= 0.3 is 7.60 Å². The average Bonchev–Trinajstić information content (AvgIpc) is 2.29. The van der Waals surface area contributed by atoms with Crippen molar-refractivity contribution >= 4 is 30.8 Å². The number of carbonyl (C=O) groups excluding carboxylic acids is 1. The smallest absolute Gasteiger partial charge is 0.305 e. The third kappa shape index (κ3) is 3.39. The number of hydrogen-bond donors (Lipinski definition) is 0. The van der Waals surface area contributed by atoms with Crippen molar-refractivity contribution < 1.29 is 18.4 Å². The highest BCUT2D eigenvalue weighted by atomic mass is 35.5. The highest BCUT2D eigenvalue weighted by molar-refractivity contribution is 7.62. The van der Waals surface area contributed by atoms with E-state index in [1.165, 1.54) is 12.1 Å². The Bertz CT molecular complexity index is 437. The van der Waals surface area contributed by atoms with Gasteiger partial charge in [-0.25, -0.2) is 0 Å². The van der Waals surface area contributed by atoms with Gasteiger partial charge in [-0.2, -0.15) is 0 Å². The maximum Gasteiger partial charge on any atom is 0.362 e. The van der Waals surface area contributed by atoms with Gasteiger partial charge in [0.2, 0.25) is 0 Å². The van der Waals surface area contributed by atoms with Crippen LogP contribution in [0.3, 0.4) is 0 Å². The van der Waals surface area contributed by atoms with Gasteiger partial charge in [-0.05, 0) is 32.0 Å². The third-order valence-electron chi connectivity index (χ3n) is 2.01. The maximum absolute atomic E-state index is 12.5. The summed E-state index contributed by atoms with van der Waals surface area (Å²) >= 11 is 5.77. The Labute approximate surface area is 105 Å². The molecule has 1 aromatic rings. The maximum atomic E-state index is 12.5. The first-order valence-corrected chi connectivity index (χ1v) is 7.13. The molecule has 0 spiro atoms. The van der Waals surface area contributed by atoms with E-state index >= 15 is 0 Å². The molecule has 4 nitrogen and oxygen atoms in total. The zero-order valence-corrected chi connectivity index (χ0v) is 11.3. The molecule has 0 N–H and O–H groups in total. The average molecular weight is 277 g/mol. The molecule has 0 radical (unpaired) electrons. The molecular weight excluding hydrogens is 263 g/mol. The first-order chi connectivity index (χ1) is 8.07. The highest BCUT2D eigenvalue weighted by Gasteiger charge is 2.29. The monoisotopic (exact) mass is 276 g/mol. The minimum Gasteiger partial charge on any atom is -0.305 e. The van der Waals surface area contributed by atoms with Crippen LogP contribution in [0, 0.1) is 0 Å². The Morgan fingerprint density at radius 2 is 1.88 bits per heavy atom. The lowest BCUT2D eigenvalue weighted by atomic mass is 10.2. The summed E-state index contributed by atoms with van der Waals surface area (Å²) < 4.78 is 22.8. The summed E-state index contributed by atoms with van der Waals surface area (Å²) in [5.74, 6) is 0. The Kier molecular flexibility index (Phi) is 5.34. The molecule has 0 heterocycles. The first kappa shape index (κ1) is 14.4. The summed E-state index contributed by atoms with van der Waals surface area (Å²) in [5, 5.41) is 0.649. The molecule has 1 aromatic carbocycles. The molecule has 0 aliphatic rings. The van der Waals surface area contributed by atoms with Gasteiger partial charge in [0.25, 0.3) is 0 Å². The van der Waals surface area contributed by atoms with E-state index in [2.05, 4.69) is 0 Å². The van der Waals surface area contributed by atoms with Crippen LogP contribution in [0.25, 0.3) is 0 Å². The van der Waals surface area contributed by atoms with Crippen LogP contribution in [0.1, 0.15) is 24.2 Å². The highest BCUT2D eigenvalue weighted by Crippen LogP contribution is 2.47. The quantitative estimate of drug-likeness (QED) is 0.592. The molecule has 94 valence electrons. The molecule has 1 rings (SSSR count). The number of aldehydes is 1. The molecular formula is C11H14ClO4P. The summed E-state index contributed by atoms with van der Waals surface area (Å²) in [6, 6.07) is 4.49. The van der Waals surface area contributed by atoms with Gasteiger partial charge in [-0.3, -0.25) is 9.36 Å². The fourth-order valence-corrected chi connectivity index (χ4v) is 3.29. The Hall–Kier alpha value is -0.670. The minimum absolute atomic E-state index is 0.225. The Morgan fingerprint density at radius 3 is 2.35 bits per heavy atom. The fourth-order valence-electron chi connectivity index (χ4n) is 1.39. The summed E-state index contributed by atoms with van der Waals surface area (Å²) in [4.78, 5) is 10.9. The van der Waals surface area contributed by atoms with E-state index in [0.717, 1.165) is 0 Å². The van der Waals surface area contributed by atoms with Gasteiger partial charge in [-0.1, -0.05) is 11.6 Å². The number of hydrogen-bond acceptors (Lipinski definition) is 4. The van der Waals surface area contributed by atoms with E-state index in [9.17, 15) is 9.36 Å². The Balaban J connectivity index is 3.27. The normalized spacial score (nSPS) is 11.5. The van der Waals surface area contributed by atoms with Crippen LogP contribution in [0.5, 0.6) is 0 Å². The van der Waals surface area contributed by atoms with Gasteiger partial charge in [0, 0.05) is 10.6 Å². The summed E-state index contributed by atoms with van der Waals surface area (Å²) in [5.41, 5.74) is 0.225. The molecule has 0 aliphatic heterocycles. The van der Waals surface area contributed by atoms with Crippen LogP contribution in [-0.4, -0.2) is 19.5 Å². The second-order valence-corrected chi connectivity index (χ2v) is 5.58. The molecule has 0 aliphatic carbocycles. The number of carbonyl (C=O) groups is 1. The van der Waals surface area contributed by atoms with E-state index in [-0.39, 0.29) is 24.1 Å². The zero-order valence-electron chi connectivity index (χ0n) is 9.68. The molecule has 0 amide bonds. The van der Waals surface area contributed by atoms with E-state index in [4.69, 9.17) is 20.6 Å². The lowest BCUT2D eigenvalue weighted by molar-refractivity contribution is 0.112. The van der Waals surface area contributed by atoms with E-state index in [1.807, 2.05) is 0 Å². The van der Waals surface area contributed by atoms with Crippen LogP contribution in [0.15, 0.2) is 18.2 Å². The topological polar surface area (TPSA) is 52.6 Å². The van der Waals surface area contributed by atoms with Crippen molar-refractivity contribution in [3.63, 3.8) is 0 Å². The summed E-state index contributed by atoms with van der Waals surface area (Å²) in [7, 11) is -3.44. The Morgan fingerprint density at radius 1 is 1.29 bits per heavy atom. The van der Waals surface area contributed by atoms with Crippen molar-refractivity contribution in [3.05, 3.63) is 28.8 Å². The van der Waals surface area contributed by atoms with Gasteiger partial charge < -0.3 is 9.05 Å². The van der Waals surface area contributed by atoms with E-state index in [0.29, 0.717) is 11.3 Å². The van der Waals surface area contributed by atoms with Gasteiger partial charge in [0.05, 0.1) is 18.5 Å². The zero-order chi connectivity index (χ0) is 12.9. The first-order valence-electron chi connectivity index (χ1n) is 5.21. The molecule has 0 saturated carbocycles. The minimum atomic E-state index is -3.44. The predicted molar refractivity (Wildman–Crippen MR) is 67.3 cm³/mol. The van der Waals surface area contributed by atoms with Gasteiger partial charge in [0.15, 0.2) is 6.29 Å². The number of rotatable bonds is 6. The molecule has 0 atom stereocenters. The fraction of sp³-hybridized carbons (Fsp3) is 0.364. The van der Waals surface area contributed by atoms with Gasteiger partial charge in [-0.15, -0.1) is 0 Å². The van der Waals surface area contributed by atoms with Crippen molar-refractivity contribution in [2.45, 2.75) is 13.8 Å². The second-order valence-electron chi connectivity index (χ2n) is 3.15. The molecule has 6 heteroatoms. The van der Waals surface area contributed by atoms with Crippen LogP contribution < -0.4 is 5.30 Å². The largest absolute Gasteiger partial charge is 0.362 e. The van der Waals surface area contributed by atoms with Crippen molar-refractivity contribution in [2.75, 3.05) is 13.2 Å². The predicted octanol–water partition coefficient (Wildman–Crippen LogP) is 3.04. The standard InChI is InChI=1S/C11H14ClO4P/c1-3-15-17(14,16-4-2)11-6-5-10(12)7-9(11)8-13/h5-8H,3-4H2,1-2H3. The van der Waals surface area contributed by atoms with Crippen LogP contribution >= 0.6 is 19.2 Å². The van der Waals surface area contributed by atoms with Crippen molar-refractivity contribution in [1.29, 1.82) is 0 Å². The number of benzene rings is 1. The lowest BCUT2D eigenvalue weighted by Crippen LogP contribution is -2.15. The van der Waals surface area contributed by atoms with Gasteiger partial charge in [0.1, 0.15) is 0 Å². The number of halogens is 1. The van der Waals surface area contributed by atoms with E-state index in [1.54, 1.807) is 19.9 Å². The third-order valence-corrected chi connectivity index (χ3v) is 4.44. The van der Waals surface area contributed by atoms with Crippen LogP contribution in [0.4, 0.5) is 0 Å². The second kappa shape index (κ2) is 6.31. The van der Waals surface area contributed by atoms with Crippen molar-refractivity contribution in [3.8, 4) is 0 Å². The van der Waals surface area contributed by atoms with Crippen LogP contribution in [0.2, 0.25) is 5.02 Å². The van der Waals surface area contributed by atoms with Crippen LogP contribution in [-0.2, 0) is 13.6 Å².